The van der Waals surface area contributed by atoms with Crippen LogP contribution >= 0.6 is 0 Å². The van der Waals surface area contributed by atoms with Crippen molar-refractivity contribution in [2.45, 2.75) is 33.2 Å². The van der Waals surface area contributed by atoms with Crippen molar-refractivity contribution in [1.29, 1.82) is 0 Å². The number of rotatable bonds is 5. The second-order valence-corrected chi connectivity index (χ2v) is 5.33. The smallest absolute Gasteiger partial charge is 0.262 e. The van der Waals surface area contributed by atoms with Gasteiger partial charge in [-0.15, -0.1) is 0 Å². The molecule has 19 heavy (non-hydrogen) atoms. The van der Waals surface area contributed by atoms with E-state index in [0.717, 1.165) is 24.4 Å². The predicted molar refractivity (Wildman–Crippen MR) is 76.4 cm³/mol. The van der Waals surface area contributed by atoms with Crippen LogP contribution in [0.4, 0.5) is 5.69 Å². The van der Waals surface area contributed by atoms with Crippen molar-refractivity contribution in [1.82, 2.24) is 5.32 Å². The lowest BCUT2D eigenvalue weighted by molar-refractivity contribution is -0.118. The number of hydrogen-bond acceptors (Lipinski definition) is 3. The highest BCUT2D eigenvalue weighted by atomic mass is 16.5. The van der Waals surface area contributed by atoms with E-state index < -0.39 is 0 Å². The number of anilines is 1. The Bertz CT molecular complexity index is 457. The van der Waals surface area contributed by atoms with Gasteiger partial charge >= 0.3 is 0 Å². The Labute approximate surface area is 114 Å². The van der Waals surface area contributed by atoms with Crippen LogP contribution in [0.2, 0.25) is 0 Å². The van der Waals surface area contributed by atoms with Crippen LogP contribution < -0.4 is 15.4 Å². The maximum atomic E-state index is 11.4. The first kappa shape index (κ1) is 13.9. The third kappa shape index (κ3) is 3.47. The molecule has 0 aliphatic carbocycles. The quantitative estimate of drug-likeness (QED) is 0.858. The van der Waals surface area contributed by atoms with Gasteiger partial charge in [0.1, 0.15) is 5.75 Å². The maximum Gasteiger partial charge on any atom is 0.262 e. The number of hydrogen-bond donors (Lipinski definition) is 2. The van der Waals surface area contributed by atoms with Crippen LogP contribution in [0.1, 0.15) is 38.8 Å². The summed E-state index contributed by atoms with van der Waals surface area (Å²) in [7, 11) is 0. The molecule has 0 fully saturated rings. The second kappa shape index (κ2) is 6.06. The van der Waals surface area contributed by atoms with E-state index in [1.807, 2.05) is 12.1 Å². The van der Waals surface area contributed by atoms with Crippen LogP contribution in [-0.2, 0) is 4.79 Å². The molecule has 0 radical (unpaired) electrons. The first-order valence-corrected chi connectivity index (χ1v) is 6.90. The Morgan fingerprint density at radius 3 is 2.89 bits per heavy atom. The fourth-order valence-corrected chi connectivity index (χ4v) is 2.37. The summed E-state index contributed by atoms with van der Waals surface area (Å²) in [5, 5.41) is 6.35. The van der Waals surface area contributed by atoms with Crippen LogP contribution in [0.3, 0.4) is 0 Å². The fraction of sp³-hybridized carbons (Fsp3) is 0.533. The van der Waals surface area contributed by atoms with Crippen LogP contribution in [0, 0.1) is 5.92 Å². The molecule has 1 amide bonds. The molecule has 2 N–H and O–H groups in total. The molecule has 1 aliphatic heterocycles. The molecule has 104 valence electrons. The molecule has 0 bridgehead atoms. The van der Waals surface area contributed by atoms with Crippen molar-refractivity contribution in [3.05, 3.63) is 23.8 Å². The minimum absolute atomic E-state index is 0.0893. The van der Waals surface area contributed by atoms with Crippen molar-refractivity contribution in [2.75, 3.05) is 18.5 Å². The second-order valence-electron chi connectivity index (χ2n) is 5.33. The number of nitrogens with one attached hydrogen (secondary N) is 2. The summed E-state index contributed by atoms with van der Waals surface area (Å²) < 4.78 is 5.38. The summed E-state index contributed by atoms with van der Waals surface area (Å²) in [5.74, 6) is 1.28. The molecule has 4 nitrogen and oxygen atoms in total. The number of fused-ring (bicyclic) bond motifs is 1. The highest BCUT2D eigenvalue weighted by Gasteiger charge is 2.19. The molecule has 2 rings (SSSR count). The highest BCUT2D eigenvalue weighted by Crippen LogP contribution is 2.32. The number of carbonyl (C=O) groups is 1. The molecule has 0 spiro atoms. The Kier molecular flexibility index (Phi) is 4.43. The van der Waals surface area contributed by atoms with Gasteiger partial charge in [0.05, 0.1) is 5.69 Å². The molecule has 0 saturated carbocycles. The monoisotopic (exact) mass is 262 g/mol. The van der Waals surface area contributed by atoms with Gasteiger partial charge in [0.15, 0.2) is 6.61 Å². The van der Waals surface area contributed by atoms with E-state index in [0.29, 0.717) is 12.0 Å². The van der Waals surface area contributed by atoms with Crippen LogP contribution in [0.15, 0.2) is 18.2 Å². The molecular weight excluding hydrogens is 240 g/mol. The predicted octanol–water partition coefficient (Wildman–Crippen LogP) is 2.71. The third-order valence-electron chi connectivity index (χ3n) is 3.20. The lowest BCUT2D eigenvalue weighted by Crippen LogP contribution is -2.26. The van der Waals surface area contributed by atoms with E-state index in [1.54, 1.807) is 0 Å². The van der Waals surface area contributed by atoms with Crippen LogP contribution in [0.25, 0.3) is 0 Å². The van der Waals surface area contributed by atoms with E-state index in [2.05, 4.69) is 37.5 Å². The summed E-state index contributed by atoms with van der Waals surface area (Å²) in [6.07, 6.45) is 1.07. The Morgan fingerprint density at radius 1 is 1.42 bits per heavy atom. The Hall–Kier alpha value is -1.55. The van der Waals surface area contributed by atoms with Gasteiger partial charge in [-0.2, -0.15) is 0 Å². The Morgan fingerprint density at radius 2 is 2.21 bits per heavy atom. The maximum absolute atomic E-state index is 11.4. The lowest BCUT2D eigenvalue weighted by atomic mass is 9.96. The van der Waals surface area contributed by atoms with Crippen molar-refractivity contribution < 1.29 is 9.53 Å². The first-order valence-electron chi connectivity index (χ1n) is 6.90. The van der Waals surface area contributed by atoms with Gasteiger partial charge in [0.25, 0.3) is 5.91 Å². The summed E-state index contributed by atoms with van der Waals surface area (Å²) in [6, 6.07) is 6.34. The molecule has 1 aliphatic rings. The molecule has 1 atom stereocenters. The molecule has 0 aromatic heterocycles. The average molecular weight is 262 g/mol. The minimum atomic E-state index is -0.0893. The van der Waals surface area contributed by atoms with Gasteiger partial charge in [-0.3, -0.25) is 4.79 Å². The molecule has 1 unspecified atom stereocenters. The highest BCUT2D eigenvalue weighted by molar-refractivity contribution is 5.95. The average Bonchev–Trinajstić information content (AvgIpc) is 2.37. The number of ether oxygens (including phenoxy) is 1. The number of carbonyl (C=O) groups excluding carboxylic acids is 1. The van der Waals surface area contributed by atoms with Crippen molar-refractivity contribution in [2.24, 2.45) is 5.92 Å². The van der Waals surface area contributed by atoms with Gasteiger partial charge < -0.3 is 15.4 Å². The Balaban J connectivity index is 2.23. The van der Waals surface area contributed by atoms with Crippen LogP contribution in [0.5, 0.6) is 5.75 Å². The summed E-state index contributed by atoms with van der Waals surface area (Å²) in [4.78, 5) is 11.4. The van der Waals surface area contributed by atoms with Gasteiger partial charge in [-0.05, 0) is 36.6 Å². The standard InChI is InChI=1S/C15H22N2O2/c1-4-16-12(7-10(2)3)11-5-6-14-13(8-11)17-15(18)9-19-14/h5-6,8,10,12,16H,4,7,9H2,1-3H3,(H,17,18). The molecule has 1 aromatic carbocycles. The van der Waals surface area contributed by atoms with Gasteiger partial charge in [0.2, 0.25) is 0 Å². The molecule has 1 heterocycles. The summed E-state index contributed by atoms with van der Waals surface area (Å²) >= 11 is 0. The number of benzene rings is 1. The SMILES string of the molecule is CCNC(CC(C)C)c1ccc2c(c1)NC(=O)CO2. The largest absolute Gasteiger partial charge is 0.482 e. The third-order valence-corrected chi connectivity index (χ3v) is 3.20. The van der Waals surface area contributed by atoms with E-state index in [4.69, 9.17) is 4.74 Å². The molecule has 4 heteroatoms. The topological polar surface area (TPSA) is 50.4 Å². The van der Waals surface area contributed by atoms with Crippen molar-refractivity contribution in [3.8, 4) is 5.75 Å². The zero-order valence-electron chi connectivity index (χ0n) is 11.8. The first-order chi connectivity index (χ1) is 9.10. The number of amides is 1. The fourth-order valence-electron chi connectivity index (χ4n) is 2.37. The van der Waals surface area contributed by atoms with E-state index in [1.165, 1.54) is 5.56 Å². The zero-order valence-corrected chi connectivity index (χ0v) is 11.8. The van der Waals surface area contributed by atoms with Gasteiger partial charge in [-0.1, -0.05) is 26.8 Å². The molecule has 0 saturated heterocycles. The zero-order chi connectivity index (χ0) is 13.8. The normalized spacial score (nSPS) is 15.7. The van der Waals surface area contributed by atoms with Gasteiger partial charge in [0, 0.05) is 6.04 Å². The van der Waals surface area contributed by atoms with E-state index in [9.17, 15) is 4.79 Å². The molecule has 1 aromatic rings. The minimum Gasteiger partial charge on any atom is -0.482 e. The lowest BCUT2D eigenvalue weighted by Gasteiger charge is -2.23. The van der Waals surface area contributed by atoms with Crippen molar-refractivity contribution >= 4 is 11.6 Å². The van der Waals surface area contributed by atoms with Crippen LogP contribution in [-0.4, -0.2) is 19.1 Å². The van der Waals surface area contributed by atoms with E-state index >= 15 is 0 Å². The summed E-state index contributed by atoms with van der Waals surface area (Å²) in [5.41, 5.74) is 1.97. The van der Waals surface area contributed by atoms with E-state index in [-0.39, 0.29) is 12.5 Å². The van der Waals surface area contributed by atoms with Crippen molar-refractivity contribution in [3.63, 3.8) is 0 Å². The molecular formula is C15H22N2O2. The van der Waals surface area contributed by atoms with Gasteiger partial charge in [-0.25, -0.2) is 0 Å². The summed E-state index contributed by atoms with van der Waals surface area (Å²) in [6.45, 7) is 7.57.